The maximum absolute atomic E-state index is 5.85. The number of rotatable bonds is 7. The molecule has 1 unspecified atom stereocenters. The van der Waals surface area contributed by atoms with Crippen molar-refractivity contribution in [3.05, 3.63) is 30.0 Å². The van der Waals surface area contributed by atoms with Gasteiger partial charge in [-0.1, -0.05) is 5.16 Å². The number of nitrogens with zero attached hydrogens (tertiary/aromatic N) is 7. The summed E-state index contributed by atoms with van der Waals surface area (Å²) in [7, 11) is 1.64. The van der Waals surface area contributed by atoms with Crippen molar-refractivity contribution in [3.63, 3.8) is 0 Å². The highest BCUT2D eigenvalue weighted by Gasteiger charge is 2.27. The van der Waals surface area contributed by atoms with E-state index in [0.29, 0.717) is 56.1 Å². The first-order valence-corrected chi connectivity index (χ1v) is 8.29. The highest BCUT2D eigenvalue weighted by atomic mass is 16.5. The molecule has 3 aromatic rings. The third-order valence-electron chi connectivity index (χ3n) is 4.07. The molecule has 0 aromatic carbocycles. The van der Waals surface area contributed by atoms with Gasteiger partial charge in [0, 0.05) is 20.2 Å². The summed E-state index contributed by atoms with van der Waals surface area (Å²) >= 11 is 0. The molecule has 26 heavy (non-hydrogen) atoms. The highest BCUT2D eigenvalue weighted by Crippen LogP contribution is 2.22. The predicted octanol–water partition coefficient (Wildman–Crippen LogP) is 0.536. The minimum atomic E-state index is -0.216. The molecule has 0 aliphatic carbocycles. The molecule has 0 amide bonds. The first kappa shape index (κ1) is 16.8. The molecule has 0 N–H and O–H groups in total. The van der Waals surface area contributed by atoms with Gasteiger partial charge in [0.05, 0.1) is 32.6 Å². The van der Waals surface area contributed by atoms with E-state index in [2.05, 4.69) is 30.6 Å². The number of aromatic nitrogens is 6. The fourth-order valence-electron chi connectivity index (χ4n) is 2.80. The summed E-state index contributed by atoms with van der Waals surface area (Å²) in [6, 6.07) is 3.56. The Labute approximate surface area is 148 Å². The smallest absolute Gasteiger partial charge is 0.293 e. The Hall–Kier alpha value is -2.63. The van der Waals surface area contributed by atoms with Crippen LogP contribution < -0.4 is 0 Å². The molecule has 4 heterocycles. The first-order valence-electron chi connectivity index (χ1n) is 8.29. The molecule has 0 radical (unpaired) electrons. The van der Waals surface area contributed by atoms with Crippen molar-refractivity contribution in [1.29, 1.82) is 0 Å². The molecule has 11 heteroatoms. The van der Waals surface area contributed by atoms with E-state index >= 15 is 0 Å². The molecule has 1 saturated heterocycles. The zero-order valence-electron chi connectivity index (χ0n) is 14.3. The number of ether oxygens (including phenoxy) is 2. The zero-order chi connectivity index (χ0) is 17.8. The fourth-order valence-corrected chi connectivity index (χ4v) is 2.80. The first-order chi connectivity index (χ1) is 12.8. The standard InChI is InChI=1S/C15H19N7O4/c1-23-7-5-22-14(17-19-20-22)12-9-21(4-8-25-12)10-13-16-15(26-18-13)11-3-2-6-24-11/h2-3,6,12H,4-5,7-10H2,1H3. The molecule has 4 rings (SSSR count). The highest BCUT2D eigenvalue weighted by molar-refractivity contribution is 5.42. The van der Waals surface area contributed by atoms with Crippen LogP contribution in [0.5, 0.6) is 0 Å². The number of morpholine rings is 1. The molecule has 0 saturated carbocycles. The molecule has 1 aliphatic heterocycles. The average Bonchev–Trinajstić information content (AvgIpc) is 3.41. The van der Waals surface area contributed by atoms with Crippen LogP contribution in [0.3, 0.4) is 0 Å². The lowest BCUT2D eigenvalue weighted by molar-refractivity contribution is -0.0405. The van der Waals surface area contributed by atoms with Crippen molar-refractivity contribution in [1.82, 2.24) is 35.2 Å². The second-order valence-corrected chi connectivity index (χ2v) is 5.84. The number of tetrazole rings is 1. The van der Waals surface area contributed by atoms with Crippen molar-refractivity contribution in [2.75, 3.05) is 33.4 Å². The minimum Gasteiger partial charge on any atom is -0.459 e. The van der Waals surface area contributed by atoms with Crippen LogP contribution in [0.15, 0.2) is 27.3 Å². The molecule has 138 valence electrons. The van der Waals surface area contributed by atoms with Crippen molar-refractivity contribution in [3.8, 4) is 11.7 Å². The Bertz CT molecular complexity index is 816. The van der Waals surface area contributed by atoms with Gasteiger partial charge in [-0.25, -0.2) is 4.68 Å². The van der Waals surface area contributed by atoms with Crippen LogP contribution in [0.25, 0.3) is 11.7 Å². The number of methoxy groups -OCH3 is 1. The van der Waals surface area contributed by atoms with E-state index in [1.165, 1.54) is 0 Å². The third kappa shape index (κ3) is 3.64. The van der Waals surface area contributed by atoms with Crippen molar-refractivity contribution < 1.29 is 18.4 Å². The van der Waals surface area contributed by atoms with Gasteiger partial charge in [-0.15, -0.1) is 5.10 Å². The Kier molecular flexibility index (Phi) is 5.00. The van der Waals surface area contributed by atoms with Gasteiger partial charge in [0.15, 0.2) is 17.4 Å². The maximum Gasteiger partial charge on any atom is 0.293 e. The number of hydrogen-bond acceptors (Lipinski definition) is 10. The molecule has 1 fully saturated rings. The second kappa shape index (κ2) is 7.72. The van der Waals surface area contributed by atoms with Gasteiger partial charge in [0.25, 0.3) is 5.89 Å². The van der Waals surface area contributed by atoms with Crippen LogP contribution in [-0.4, -0.2) is 68.7 Å². The minimum absolute atomic E-state index is 0.216. The lowest BCUT2D eigenvalue weighted by atomic mass is 10.2. The monoisotopic (exact) mass is 361 g/mol. The normalized spacial score (nSPS) is 18.4. The summed E-state index contributed by atoms with van der Waals surface area (Å²) in [6.07, 6.45) is 1.35. The molecular formula is C15H19N7O4. The molecule has 1 atom stereocenters. The Morgan fingerprint density at radius 3 is 3.19 bits per heavy atom. The van der Waals surface area contributed by atoms with Gasteiger partial charge in [-0.2, -0.15) is 4.98 Å². The summed E-state index contributed by atoms with van der Waals surface area (Å²) in [5.74, 6) is 2.21. The topological polar surface area (TPSA) is 117 Å². The van der Waals surface area contributed by atoms with Crippen LogP contribution in [-0.2, 0) is 22.6 Å². The van der Waals surface area contributed by atoms with E-state index in [1.54, 1.807) is 30.2 Å². The van der Waals surface area contributed by atoms with Crippen LogP contribution in [0.2, 0.25) is 0 Å². The van der Waals surface area contributed by atoms with Crippen LogP contribution in [0.4, 0.5) is 0 Å². The fraction of sp³-hybridized carbons (Fsp3) is 0.533. The van der Waals surface area contributed by atoms with E-state index in [0.717, 1.165) is 6.54 Å². The molecule has 0 spiro atoms. The largest absolute Gasteiger partial charge is 0.459 e. The van der Waals surface area contributed by atoms with E-state index in [-0.39, 0.29) is 6.10 Å². The average molecular weight is 361 g/mol. The van der Waals surface area contributed by atoms with Crippen molar-refractivity contribution >= 4 is 0 Å². The van der Waals surface area contributed by atoms with Gasteiger partial charge in [-0.3, -0.25) is 4.90 Å². The van der Waals surface area contributed by atoms with E-state index in [4.69, 9.17) is 18.4 Å². The number of hydrogen-bond donors (Lipinski definition) is 0. The summed E-state index contributed by atoms with van der Waals surface area (Å²) < 4.78 is 23.2. The van der Waals surface area contributed by atoms with Gasteiger partial charge in [0.1, 0.15) is 6.10 Å². The molecule has 3 aromatic heterocycles. The maximum atomic E-state index is 5.85. The van der Waals surface area contributed by atoms with Crippen LogP contribution in [0, 0.1) is 0 Å². The van der Waals surface area contributed by atoms with Gasteiger partial charge >= 0.3 is 0 Å². The summed E-state index contributed by atoms with van der Waals surface area (Å²) in [6.45, 7) is 3.63. The second-order valence-electron chi connectivity index (χ2n) is 5.84. The van der Waals surface area contributed by atoms with Gasteiger partial charge < -0.3 is 18.4 Å². The van der Waals surface area contributed by atoms with Crippen LogP contribution >= 0.6 is 0 Å². The van der Waals surface area contributed by atoms with Crippen molar-refractivity contribution in [2.24, 2.45) is 0 Å². The van der Waals surface area contributed by atoms with E-state index in [9.17, 15) is 0 Å². The van der Waals surface area contributed by atoms with Crippen LogP contribution in [0.1, 0.15) is 17.8 Å². The Balaban J connectivity index is 1.40. The lowest BCUT2D eigenvalue weighted by Gasteiger charge is -2.31. The molecular weight excluding hydrogens is 342 g/mol. The summed E-state index contributed by atoms with van der Waals surface area (Å²) in [5, 5.41) is 15.9. The van der Waals surface area contributed by atoms with Gasteiger partial charge in [0.2, 0.25) is 0 Å². The van der Waals surface area contributed by atoms with E-state index < -0.39 is 0 Å². The van der Waals surface area contributed by atoms with Gasteiger partial charge in [-0.05, 0) is 22.6 Å². The molecule has 1 aliphatic rings. The third-order valence-corrected chi connectivity index (χ3v) is 4.07. The molecule has 11 nitrogen and oxygen atoms in total. The summed E-state index contributed by atoms with van der Waals surface area (Å²) in [4.78, 5) is 6.56. The lowest BCUT2D eigenvalue weighted by Crippen LogP contribution is -2.39. The SMILES string of the molecule is COCCn1nnnc1C1CN(Cc2noc(-c3ccco3)n2)CCO1. The zero-order valence-corrected chi connectivity index (χ0v) is 14.3. The Morgan fingerprint density at radius 1 is 1.38 bits per heavy atom. The molecule has 0 bridgehead atoms. The van der Waals surface area contributed by atoms with E-state index in [1.807, 2.05) is 0 Å². The summed E-state index contributed by atoms with van der Waals surface area (Å²) in [5.41, 5.74) is 0. The quantitative estimate of drug-likeness (QED) is 0.590. The number of furan rings is 1. The predicted molar refractivity (Wildman–Crippen MR) is 85.7 cm³/mol. The van der Waals surface area contributed by atoms with Crippen molar-refractivity contribution in [2.45, 2.75) is 19.2 Å². The Morgan fingerprint density at radius 2 is 2.35 bits per heavy atom.